The summed E-state index contributed by atoms with van der Waals surface area (Å²) in [6, 6.07) is 15.3. The lowest BCUT2D eigenvalue weighted by Crippen LogP contribution is -2.09. The van der Waals surface area contributed by atoms with Crippen LogP contribution in [0.1, 0.15) is 31.8 Å². The second-order valence-corrected chi connectivity index (χ2v) is 7.93. The first-order chi connectivity index (χ1) is 15.4. The average Bonchev–Trinajstić information content (AvgIpc) is 3.12. The molecule has 0 N–H and O–H groups in total. The van der Waals surface area contributed by atoms with Crippen LogP contribution in [0.4, 0.5) is 0 Å². The molecule has 3 aromatic rings. The molecule has 0 fully saturated rings. The van der Waals surface area contributed by atoms with Crippen molar-refractivity contribution in [1.29, 1.82) is 0 Å². The van der Waals surface area contributed by atoms with Crippen molar-refractivity contribution in [3.63, 3.8) is 0 Å². The van der Waals surface area contributed by atoms with Crippen LogP contribution in [0.2, 0.25) is 0 Å². The van der Waals surface area contributed by atoms with Crippen LogP contribution in [-0.4, -0.2) is 26.0 Å². The van der Waals surface area contributed by atoms with Gasteiger partial charge < -0.3 is 18.9 Å². The Balaban J connectivity index is 1.63. The van der Waals surface area contributed by atoms with Crippen LogP contribution in [0.25, 0.3) is 6.08 Å². The van der Waals surface area contributed by atoms with Gasteiger partial charge in [0.1, 0.15) is 23.0 Å². The maximum atomic E-state index is 12.9. The number of ketones is 1. The molecule has 0 radical (unpaired) electrons. The second-order valence-electron chi connectivity index (χ2n) is 7.01. The molecular formula is C25H19BrO6. The summed E-state index contributed by atoms with van der Waals surface area (Å²) in [5.41, 5.74) is 2.01. The summed E-state index contributed by atoms with van der Waals surface area (Å²) in [5, 5.41) is 0. The van der Waals surface area contributed by atoms with Crippen molar-refractivity contribution in [2.45, 2.75) is 6.92 Å². The predicted octanol–water partition coefficient (Wildman–Crippen LogP) is 5.61. The minimum Gasteiger partial charge on any atom is -0.497 e. The maximum Gasteiger partial charge on any atom is 0.343 e. The molecule has 32 heavy (non-hydrogen) atoms. The molecule has 7 heteroatoms. The number of allylic oxidation sites excluding steroid dienone is 1. The van der Waals surface area contributed by atoms with Crippen LogP contribution in [0, 0.1) is 6.92 Å². The van der Waals surface area contributed by atoms with Gasteiger partial charge in [-0.3, -0.25) is 4.79 Å². The van der Waals surface area contributed by atoms with E-state index in [4.69, 9.17) is 18.9 Å². The first-order valence-corrected chi connectivity index (χ1v) is 10.5. The summed E-state index contributed by atoms with van der Waals surface area (Å²) in [7, 11) is 3.11. The topological polar surface area (TPSA) is 71.1 Å². The van der Waals surface area contributed by atoms with E-state index in [0.29, 0.717) is 45.3 Å². The zero-order valence-corrected chi connectivity index (χ0v) is 19.2. The highest BCUT2D eigenvalue weighted by Gasteiger charge is 2.31. The van der Waals surface area contributed by atoms with Gasteiger partial charge in [0, 0.05) is 15.6 Å². The molecule has 0 amide bonds. The molecule has 0 bridgehead atoms. The number of esters is 1. The predicted molar refractivity (Wildman–Crippen MR) is 123 cm³/mol. The van der Waals surface area contributed by atoms with E-state index < -0.39 is 5.97 Å². The Morgan fingerprint density at radius 1 is 0.969 bits per heavy atom. The van der Waals surface area contributed by atoms with Crippen molar-refractivity contribution < 1.29 is 28.5 Å². The first-order valence-electron chi connectivity index (χ1n) is 9.69. The summed E-state index contributed by atoms with van der Waals surface area (Å²) >= 11 is 3.34. The molecule has 0 atom stereocenters. The van der Waals surface area contributed by atoms with E-state index in [0.717, 1.165) is 4.47 Å². The molecule has 0 spiro atoms. The molecule has 0 aliphatic carbocycles. The van der Waals surface area contributed by atoms with Crippen LogP contribution in [-0.2, 0) is 0 Å². The van der Waals surface area contributed by atoms with Gasteiger partial charge in [-0.1, -0.05) is 15.9 Å². The molecule has 3 aromatic carbocycles. The molecule has 1 aliphatic rings. The number of fused-ring (bicyclic) bond motifs is 1. The molecule has 1 heterocycles. The Bertz CT molecular complexity index is 1240. The quantitative estimate of drug-likeness (QED) is 0.260. The van der Waals surface area contributed by atoms with Crippen molar-refractivity contribution in [2.24, 2.45) is 0 Å². The van der Waals surface area contributed by atoms with Gasteiger partial charge in [0.2, 0.25) is 5.78 Å². The minimum atomic E-state index is -0.498. The largest absolute Gasteiger partial charge is 0.497 e. The molecule has 4 rings (SSSR count). The van der Waals surface area contributed by atoms with Crippen LogP contribution < -0.4 is 18.9 Å². The number of halogens is 1. The van der Waals surface area contributed by atoms with Crippen molar-refractivity contribution >= 4 is 33.8 Å². The first kappa shape index (κ1) is 21.6. The number of carbonyl (C=O) groups is 2. The molecule has 0 aromatic heterocycles. The molecular weight excluding hydrogens is 476 g/mol. The number of methoxy groups -OCH3 is 2. The fraction of sp³-hybridized carbons (Fsp3) is 0.120. The standard InChI is InChI=1S/C25H19BrO6/c1-14-20(32-25(28)15-4-6-17(26)7-5-15)11-9-19-23(27)22(31-24(14)19)13-16-12-18(29-2)8-10-21(16)30-3/h4-13H,1-3H3/b22-13-. The Kier molecular flexibility index (Phi) is 6.01. The molecule has 0 saturated heterocycles. The molecule has 0 saturated carbocycles. The van der Waals surface area contributed by atoms with Crippen molar-refractivity contribution in [2.75, 3.05) is 14.2 Å². The van der Waals surface area contributed by atoms with Gasteiger partial charge in [0.15, 0.2) is 5.76 Å². The van der Waals surface area contributed by atoms with E-state index >= 15 is 0 Å². The summed E-state index contributed by atoms with van der Waals surface area (Å²) in [6.45, 7) is 1.74. The highest BCUT2D eigenvalue weighted by atomic mass is 79.9. The Labute approximate surface area is 193 Å². The third-order valence-corrected chi connectivity index (χ3v) is 5.57. The SMILES string of the molecule is COc1ccc(OC)c(/C=C2\Oc3c(ccc(OC(=O)c4ccc(Br)cc4)c3C)C2=O)c1. The third kappa shape index (κ3) is 4.11. The minimum absolute atomic E-state index is 0.144. The number of hydrogen-bond donors (Lipinski definition) is 0. The number of rotatable bonds is 5. The van der Waals surface area contributed by atoms with E-state index in [1.807, 2.05) is 0 Å². The van der Waals surface area contributed by atoms with Crippen LogP contribution in [0.3, 0.4) is 0 Å². The van der Waals surface area contributed by atoms with Crippen molar-refractivity contribution in [1.82, 2.24) is 0 Å². The van der Waals surface area contributed by atoms with Crippen LogP contribution >= 0.6 is 15.9 Å². The second kappa shape index (κ2) is 8.88. The van der Waals surface area contributed by atoms with Gasteiger partial charge in [-0.2, -0.15) is 0 Å². The Morgan fingerprint density at radius 3 is 2.38 bits per heavy atom. The lowest BCUT2D eigenvalue weighted by Gasteiger charge is -2.10. The summed E-state index contributed by atoms with van der Waals surface area (Å²) in [4.78, 5) is 25.4. The highest BCUT2D eigenvalue weighted by molar-refractivity contribution is 9.10. The summed E-state index contributed by atoms with van der Waals surface area (Å²) in [6.07, 6.45) is 1.61. The van der Waals surface area contributed by atoms with Gasteiger partial charge in [-0.15, -0.1) is 0 Å². The normalized spacial score (nSPS) is 13.5. The van der Waals surface area contributed by atoms with E-state index in [1.165, 1.54) is 0 Å². The van der Waals surface area contributed by atoms with Gasteiger partial charge >= 0.3 is 5.97 Å². The highest BCUT2D eigenvalue weighted by Crippen LogP contribution is 2.40. The third-order valence-electron chi connectivity index (χ3n) is 5.04. The van der Waals surface area contributed by atoms with Gasteiger partial charge in [0.25, 0.3) is 0 Å². The number of benzene rings is 3. The van der Waals surface area contributed by atoms with E-state index in [-0.39, 0.29) is 11.5 Å². The fourth-order valence-corrected chi connectivity index (χ4v) is 3.58. The zero-order valence-electron chi connectivity index (χ0n) is 17.6. The molecule has 162 valence electrons. The Hall–Kier alpha value is -3.58. The van der Waals surface area contributed by atoms with Crippen molar-refractivity contribution in [3.05, 3.63) is 87.1 Å². The summed E-state index contributed by atoms with van der Waals surface area (Å²) in [5.74, 6) is 1.27. The lowest BCUT2D eigenvalue weighted by molar-refractivity contribution is 0.0733. The fourth-order valence-electron chi connectivity index (χ4n) is 3.32. The van der Waals surface area contributed by atoms with Gasteiger partial charge in [0.05, 0.1) is 25.3 Å². The number of carbonyl (C=O) groups excluding carboxylic acids is 2. The van der Waals surface area contributed by atoms with Crippen LogP contribution in [0.15, 0.2) is 64.8 Å². The molecule has 6 nitrogen and oxygen atoms in total. The zero-order chi connectivity index (χ0) is 22.8. The number of hydrogen-bond acceptors (Lipinski definition) is 6. The van der Waals surface area contributed by atoms with E-state index in [2.05, 4.69) is 15.9 Å². The average molecular weight is 495 g/mol. The lowest BCUT2D eigenvalue weighted by atomic mass is 10.1. The van der Waals surface area contributed by atoms with Crippen molar-refractivity contribution in [3.8, 4) is 23.0 Å². The summed E-state index contributed by atoms with van der Waals surface area (Å²) < 4.78 is 22.9. The monoisotopic (exact) mass is 494 g/mol. The van der Waals surface area contributed by atoms with Gasteiger partial charge in [-0.25, -0.2) is 4.79 Å². The van der Waals surface area contributed by atoms with Gasteiger partial charge in [-0.05, 0) is 67.6 Å². The van der Waals surface area contributed by atoms with E-state index in [1.54, 1.807) is 81.8 Å². The maximum absolute atomic E-state index is 12.9. The number of Topliss-reactive ketones (excluding diaryl/α,β-unsaturated/α-hetero) is 1. The smallest absolute Gasteiger partial charge is 0.343 e. The van der Waals surface area contributed by atoms with Crippen LogP contribution in [0.5, 0.6) is 23.0 Å². The molecule has 0 unspecified atom stereocenters. The Morgan fingerprint density at radius 2 is 1.69 bits per heavy atom. The molecule has 1 aliphatic heterocycles. The number of ether oxygens (including phenoxy) is 4. The van der Waals surface area contributed by atoms with E-state index in [9.17, 15) is 9.59 Å².